The number of aromatic nitrogens is 3. The fourth-order valence-electron chi connectivity index (χ4n) is 4.09. The average molecular weight is 423 g/mol. The maximum absolute atomic E-state index is 12.7. The number of hydrogen-bond acceptors (Lipinski definition) is 4. The highest BCUT2D eigenvalue weighted by molar-refractivity contribution is 6.35. The van der Waals surface area contributed by atoms with E-state index in [1.807, 2.05) is 18.2 Å². The first kappa shape index (κ1) is 18.7. The Bertz CT molecular complexity index is 1290. The van der Waals surface area contributed by atoms with Gasteiger partial charge in [-0.05, 0) is 49.1 Å². The first-order valence-corrected chi connectivity index (χ1v) is 10.2. The van der Waals surface area contributed by atoms with Crippen LogP contribution in [0.1, 0.15) is 30.1 Å². The van der Waals surface area contributed by atoms with Gasteiger partial charge in [-0.1, -0.05) is 23.7 Å². The van der Waals surface area contributed by atoms with Gasteiger partial charge < -0.3 is 14.7 Å². The molecule has 0 radical (unpaired) electrons. The van der Waals surface area contributed by atoms with Crippen LogP contribution in [0.3, 0.4) is 0 Å². The molecule has 0 saturated carbocycles. The Morgan fingerprint density at radius 3 is 3.00 bits per heavy atom. The highest BCUT2D eigenvalue weighted by Gasteiger charge is 2.26. The van der Waals surface area contributed by atoms with E-state index in [4.69, 9.17) is 16.0 Å². The lowest BCUT2D eigenvalue weighted by Crippen LogP contribution is -2.36. The van der Waals surface area contributed by atoms with Crippen molar-refractivity contribution in [3.63, 3.8) is 0 Å². The van der Waals surface area contributed by atoms with E-state index in [2.05, 4.69) is 15.4 Å². The third kappa shape index (κ3) is 3.31. The number of nitrogens with one attached hydrogen (secondary N) is 2. The Balaban J connectivity index is 1.39. The summed E-state index contributed by atoms with van der Waals surface area (Å²) in [7, 11) is 0. The number of H-pyrrole nitrogens is 1. The zero-order valence-corrected chi connectivity index (χ0v) is 16.8. The maximum atomic E-state index is 12.7. The number of carbonyl (C=O) groups excluding carboxylic acids is 1. The minimum atomic E-state index is -0.345. The van der Waals surface area contributed by atoms with Crippen LogP contribution in [0.4, 0.5) is 0 Å². The number of benzene rings is 1. The van der Waals surface area contributed by atoms with E-state index >= 15 is 0 Å². The number of halogens is 1. The number of rotatable bonds is 4. The Hall–Kier alpha value is -3.32. The van der Waals surface area contributed by atoms with E-state index in [1.165, 1.54) is 17.9 Å². The molecular formula is C22H19ClN4O3. The summed E-state index contributed by atoms with van der Waals surface area (Å²) in [6.07, 6.45) is 4.25. The lowest BCUT2D eigenvalue weighted by Gasteiger charge is -2.24. The smallest absolute Gasteiger partial charge is 0.267 e. The molecule has 1 amide bonds. The summed E-state index contributed by atoms with van der Waals surface area (Å²) in [5.41, 5.74) is 3.23. The highest BCUT2D eigenvalue weighted by Crippen LogP contribution is 2.36. The first-order valence-electron chi connectivity index (χ1n) is 9.80. The van der Waals surface area contributed by atoms with E-state index in [0.29, 0.717) is 16.5 Å². The van der Waals surface area contributed by atoms with Crippen molar-refractivity contribution in [3.05, 3.63) is 75.4 Å². The molecule has 0 unspecified atom stereocenters. The van der Waals surface area contributed by atoms with Crippen LogP contribution >= 0.6 is 11.6 Å². The minimum Gasteiger partial charge on any atom is -0.463 e. The van der Waals surface area contributed by atoms with Crippen LogP contribution in [-0.2, 0) is 17.8 Å². The third-order valence-corrected chi connectivity index (χ3v) is 5.78. The summed E-state index contributed by atoms with van der Waals surface area (Å²) in [6, 6.07) is 12.1. The number of furan rings is 1. The van der Waals surface area contributed by atoms with Gasteiger partial charge in [0.15, 0.2) is 5.76 Å². The third-order valence-electron chi connectivity index (χ3n) is 5.46. The van der Waals surface area contributed by atoms with Crippen LogP contribution in [-0.4, -0.2) is 20.7 Å². The molecule has 1 atom stereocenters. The van der Waals surface area contributed by atoms with Crippen LogP contribution in [0.2, 0.25) is 5.02 Å². The SMILES string of the molecule is O=C(Cn1nc(-c2ccco2)ccc1=O)N[C@@H]1CCCc2c1[nH]c1c(Cl)cccc21. The minimum absolute atomic E-state index is 0.159. The second-order valence-corrected chi connectivity index (χ2v) is 7.79. The molecule has 5 rings (SSSR count). The maximum Gasteiger partial charge on any atom is 0.267 e. The number of carbonyl (C=O) groups is 1. The van der Waals surface area contributed by atoms with Crippen molar-refractivity contribution < 1.29 is 9.21 Å². The van der Waals surface area contributed by atoms with E-state index in [-0.39, 0.29) is 24.1 Å². The van der Waals surface area contributed by atoms with Crippen molar-refractivity contribution >= 4 is 28.4 Å². The Morgan fingerprint density at radius 2 is 2.17 bits per heavy atom. The summed E-state index contributed by atoms with van der Waals surface area (Å²) in [5.74, 6) is 0.264. The van der Waals surface area contributed by atoms with Gasteiger partial charge in [0.25, 0.3) is 5.56 Å². The standard InChI is InChI=1S/C22H19ClN4O3/c23-15-6-1-4-13-14-5-2-7-17(22(14)25-21(13)15)24-19(28)12-27-20(29)10-9-16(26-27)18-8-3-11-30-18/h1,3-4,6,8-11,17,25H,2,5,7,12H2,(H,24,28)/t17-/m1/s1. The highest BCUT2D eigenvalue weighted by atomic mass is 35.5. The summed E-state index contributed by atoms with van der Waals surface area (Å²) in [6.45, 7) is -0.166. The molecule has 152 valence electrons. The molecular weight excluding hydrogens is 404 g/mol. The van der Waals surface area contributed by atoms with Gasteiger partial charge >= 0.3 is 0 Å². The van der Waals surface area contributed by atoms with Gasteiger partial charge in [0.2, 0.25) is 5.91 Å². The number of hydrogen-bond donors (Lipinski definition) is 2. The second kappa shape index (κ2) is 7.50. The van der Waals surface area contributed by atoms with E-state index in [9.17, 15) is 9.59 Å². The van der Waals surface area contributed by atoms with Crippen molar-refractivity contribution in [2.24, 2.45) is 0 Å². The summed E-state index contributed by atoms with van der Waals surface area (Å²) in [5, 5.41) is 9.07. The number of nitrogens with zero attached hydrogens (tertiary/aromatic N) is 2. The molecule has 1 aliphatic carbocycles. The van der Waals surface area contributed by atoms with E-state index in [0.717, 1.165) is 40.5 Å². The van der Waals surface area contributed by atoms with E-state index < -0.39 is 0 Å². The Kier molecular flexibility index (Phi) is 4.67. The number of amides is 1. The monoisotopic (exact) mass is 422 g/mol. The molecule has 4 aromatic rings. The van der Waals surface area contributed by atoms with Gasteiger partial charge in [-0.2, -0.15) is 5.10 Å². The molecule has 3 aromatic heterocycles. The topological polar surface area (TPSA) is 92.9 Å². The van der Waals surface area contributed by atoms with Crippen molar-refractivity contribution in [2.75, 3.05) is 0 Å². The quantitative estimate of drug-likeness (QED) is 0.522. The van der Waals surface area contributed by atoms with E-state index in [1.54, 1.807) is 18.2 Å². The average Bonchev–Trinajstić information content (AvgIpc) is 3.39. The summed E-state index contributed by atoms with van der Waals surface area (Å²) in [4.78, 5) is 28.3. The van der Waals surface area contributed by atoms with Crippen LogP contribution in [0.5, 0.6) is 0 Å². The van der Waals surface area contributed by atoms with Crippen LogP contribution < -0.4 is 10.9 Å². The molecule has 7 nitrogen and oxygen atoms in total. The lowest BCUT2D eigenvalue weighted by atomic mass is 9.91. The molecule has 1 aliphatic rings. The van der Waals surface area contributed by atoms with Gasteiger partial charge in [0.05, 0.1) is 22.8 Å². The molecule has 0 saturated heterocycles. The second-order valence-electron chi connectivity index (χ2n) is 7.38. The summed E-state index contributed by atoms with van der Waals surface area (Å²) >= 11 is 6.34. The lowest BCUT2D eigenvalue weighted by molar-refractivity contribution is -0.122. The van der Waals surface area contributed by atoms with Crippen molar-refractivity contribution in [2.45, 2.75) is 31.8 Å². The molecule has 0 aliphatic heterocycles. The fraction of sp³-hybridized carbons (Fsp3) is 0.227. The number of aromatic amines is 1. The number of fused-ring (bicyclic) bond motifs is 3. The van der Waals surface area contributed by atoms with Crippen LogP contribution in [0, 0.1) is 0 Å². The van der Waals surface area contributed by atoms with Gasteiger partial charge in [-0.3, -0.25) is 9.59 Å². The Morgan fingerprint density at radius 1 is 1.27 bits per heavy atom. The number of aryl methyl sites for hydroxylation is 1. The van der Waals surface area contributed by atoms with Gasteiger partial charge in [0.1, 0.15) is 12.2 Å². The zero-order valence-electron chi connectivity index (χ0n) is 16.0. The molecule has 2 N–H and O–H groups in total. The molecule has 30 heavy (non-hydrogen) atoms. The molecule has 0 bridgehead atoms. The predicted molar refractivity (Wildman–Crippen MR) is 113 cm³/mol. The van der Waals surface area contributed by atoms with Crippen molar-refractivity contribution in [1.82, 2.24) is 20.1 Å². The van der Waals surface area contributed by atoms with Crippen molar-refractivity contribution in [3.8, 4) is 11.5 Å². The Labute approximate surface area is 176 Å². The summed E-state index contributed by atoms with van der Waals surface area (Å²) < 4.78 is 6.48. The van der Waals surface area contributed by atoms with Crippen molar-refractivity contribution in [1.29, 1.82) is 0 Å². The number of para-hydroxylation sites is 1. The predicted octanol–water partition coefficient (Wildman–Crippen LogP) is 3.83. The molecule has 3 heterocycles. The molecule has 0 spiro atoms. The largest absolute Gasteiger partial charge is 0.463 e. The fourth-order valence-corrected chi connectivity index (χ4v) is 4.31. The van der Waals surface area contributed by atoms with Gasteiger partial charge in [-0.25, -0.2) is 4.68 Å². The molecule has 8 heteroatoms. The normalized spacial score (nSPS) is 15.8. The van der Waals surface area contributed by atoms with Crippen LogP contribution in [0.25, 0.3) is 22.4 Å². The van der Waals surface area contributed by atoms with Gasteiger partial charge in [0, 0.05) is 17.1 Å². The first-order chi connectivity index (χ1) is 14.6. The van der Waals surface area contributed by atoms with Gasteiger partial charge in [-0.15, -0.1) is 0 Å². The molecule has 1 aromatic carbocycles. The zero-order chi connectivity index (χ0) is 20.7. The molecule has 0 fully saturated rings. The van der Waals surface area contributed by atoms with Crippen LogP contribution in [0.15, 0.2) is 57.9 Å².